The molecule has 2 rings (SSSR count). The molecule has 3 nitrogen and oxygen atoms in total. The molecule has 0 amide bonds. The Morgan fingerprint density at radius 2 is 2.00 bits per heavy atom. The number of hydrogen-bond acceptors (Lipinski definition) is 3. The molecule has 0 saturated carbocycles. The Morgan fingerprint density at radius 1 is 1.28 bits per heavy atom. The topological polar surface area (TPSA) is 37.4 Å². The van der Waals surface area contributed by atoms with Crippen molar-refractivity contribution in [3.05, 3.63) is 29.8 Å². The van der Waals surface area contributed by atoms with Gasteiger partial charge in [0.15, 0.2) is 0 Å². The molecule has 1 aromatic carbocycles. The molecule has 0 aromatic heterocycles. The highest BCUT2D eigenvalue weighted by Crippen LogP contribution is 2.31. The fourth-order valence-corrected chi connectivity index (χ4v) is 4.43. The summed E-state index contributed by atoms with van der Waals surface area (Å²) < 4.78 is 62.9. The number of halogens is 3. The van der Waals surface area contributed by atoms with Crippen molar-refractivity contribution in [2.24, 2.45) is 0 Å². The second-order valence-corrected chi connectivity index (χ2v) is 6.76. The minimum Gasteiger partial charge on any atom is -0.207 e. The van der Waals surface area contributed by atoms with Crippen LogP contribution in [0.4, 0.5) is 13.2 Å². The normalized spacial score (nSPS) is 18.2. The van der Waals surface area contributed by atoms with Gasteiger partial charge in [-0.2, -0.15) is 17.5 Å². The van der Waals surface area contributed by atoms with Gasteiger partial charge in [0, 0.05) is 12.3 Å². The van der Waals surface area contributed by atoms with Gasteiger partial charge in [-0.25, -0.2) is 8.42 Å². The Kier molecular flexibility index (Phi) is 3.61. The van der Waals surface area contributed by atoms with Gasteiger partial charge in [0.05, 0.1) is 16.3 Å². The molecule has 0 spiro atoms. The number of thioether (sulfide) groups is 1. The van der Waals surface area contributed by atoms with E-state index in [1.165, 1.54) is 22.1 Å². The molecule has 1 heterocycles. The first kappa shape index (κ1) is 13.7. The lowest BCUT2D eigenvalue weighted by Crippen LogP contribution is -2.28. The molecule has 1 aliphatic heterocycles. The van der Waals surface area contributed by atoms with E-state index in [9.17, 15) is 21.6 Å². The molecule has 1 aliphatic rings. The van der Waals surface area contributed by atoms with Crippen LogP contribution in [0.3, 0.4) is 0 Å². The van der Waals surface area contributed by atoms with E-state index in [0.29, 0.717) is 24.2 Å². The molecule has 100 valence electrons. The van der Waals surface area contributed by atoms with Crippen LogP contribution in [0, 0.1) is 0 Å². The number of nitrogens with zero attached hydrogens (tertiary/aromatic N) is 1. The minimum absolute atomic E-state index is 0.290. The first-order valence-corrected chi connectivity index (χ1v) is 7.66. The average Bonchev–Trinajstić information content (AvgIpc) is 2.82. The molecule has 8 heteroatoms. The van der Waals surface area contributed by atoms with Gasteiger partial charge in [0.25, 0.3) is 0 Å². The molecule has 1 saturated heterocycles. The number of hydrogen-bond donors (Lipinski definition) is 0. The lowest BCUT2D eigenvalue weighted by molar-refractivity contribution is -0.137. The summed E-state index contributed by atoms with van der Waals surface area (Å²) >= 11 is 1.44. The van der Waals surface area contributed by atoms with E-state index < -0.39 is 21.8 Å². The molecular weight excluding hydrogens is 287 g/mol. The van der Waals surface area contributed by atoms with Crippen molar-refractivity contribution >= 4 is 21.8 Å². The van der Waals surface area contributed by atoms with Crippen molar-refractivity contribution in [3.8, 4) is 0 Å². The third kappa shape index (κ3) is 2.65. The zero-order chi connectivity index (χ0) is 13.4. The van der Waals surface area contributed by atoms with Crippen molar-refractivity contribution < 1.29 is 21.6 Å². The van der Waals surface area contributed by atoms with Gasteiger partial charge >= 0.3 is 6.18 Å². The van der Waals surface area contributed by atoms with Crippen molar-refractivity contribution in [1.82, 2.24) is 4.31 Å². The molecule has 0 N–H and O–H groups in total. The Morgan fingerprint density at radius 3 is 2.56 bits per heavy atom. The summed E-state index contributed by atoms with van der Waals surface area (Å²) in [6.45, 7) is 0.337. The second kappa shape index (κ2) is 4.75. The van der Waals surface area contributed by atoms with Crippen LogP contribution in [0.25, 0.3) is 0 Å². The van der Waals surface area contributed by atoms with Gasteiger partial charge in [-0.05, 0) is 18.2 Å². The number of alkyl halides is 3. The van der Waals surface area contributed by atoms with Crippen molar-refractivity contribution in [3.63, 3.8) is 0 Å². The summed E-state index contributed by atoms with van der Waals surface area (Å²) in [7, 11) is -3.81. The van der Waals surface area contributed by atoms with Gasteiger partial charge in [-0.15, -0.1) is 11.8 Å². The second-order valence-electron chi connectivity index (χ2n) is 3.74. The number of benzene rings is 1. The summed E-state index contributed by atoms with van der Waals surface area (Å²) in [6.07, 6.45) is -4.54. The van der Waals surface area contributed by atoms with E-state index in [2.05, 4.69) is 0 Å². The van der Waals surface area contributed by atoms with Crippen LogP contribution < -0.4 is 0 Å². The van der Waals surface area contributed by atoms with Gasteiger partial charge in [0.2, 0.25) is 10.0 Å². The summed E-state index contributed by atoms with van der Waals surface area (Å²) in [4.78, 5) is -0.306. The Balaban J connectivity index is 2.39. The molecule has 0 aliphatic carbocycles. The Hall–Kier alpha value is -0.730. The molecular formula is C10H10F3NO2S2. The van der Waals surface area contributed by atoms with Crippen LogP contribution in [0.15, 0.2) is 29.2 Å². The van der Waals surface area contributed by atoms with E-state index in [0.717, 1.165) is 12.1 Å². The van der Waals surface area contributed by atoms with Crippen molar-refractivity contribution in [2.45, 2.75) is 11.1 Å². The van der Waals surface area contributed by atoms with Crippen molar-refractivity contribution in [1.29, 1.82) is 0 Å². The number of rotatable bonds is 2. The maximum atomic E-state index is 12.5. The predicted octanol–water partition coefficient (Wildman–Crippen LogP) is 2.40. The monoisotopic (exact) mass is 297 g/mol. The first-order valence-electron chi connectivity index (χ1n) is 5.07. The SMILES string of the molecule is O=S(=O)(c1cccc(C(F)(F)F)c1)N1CCSC1. The molecule has 0 unspecified atom stereocenters. The molecule has 1 aromatic rings. The molecule has 1 fully saturated rings. The summed E-state index contributed by atoms with van der Waals surface area (Å²) in [5.41, 5.74) is -0.949. The molecule has 0 radical (unpaired) electrons. The zero-order valence-corrected chi connectivity index (χ0v) is 10.8. The van der Waals surface area contributed by atoms with Crippen LogP contribution in [-0.4, -0.2) is 30.9 Å². The Bertz CT molecular complexity index is 536. The van der Waals surface area contributed by atoms with E-state index in [1.807, 2.05) is 0 Å². The maximum absolute atomic E-state index is 12.5. The third-order valence-electron chi connectivity index (χ3n) is 2.52. The quantitative estimate of drug-likeness (QED) is 0.841. The van der Waals surface area contributed by atoms with Gasteiger partial charge < -0.3 is 0 Å². The predicted molar refractivity (Wildman–Crippen MR) is 62.7 cm³/mol. The third-order valence-corrected chi connectivity index (χ3v) is 5.49. The van der Waals surface area contributed by atoms with Gasteiger partial charge in [-0.1, -0.05) is 6.07 Å². The molecule has 18 heavy (non-hydrogen) atoms. The highest BCUT2D eigenvalue weighted by Gasteiger charge is 2.33. The minimum atomic E-state index is -4.54. The standard InChI is InChI=1S/C10H10F3NO2S2/c11-10(12,13)8-2-1-3-9(6-8)18(15,16)14-4-5-17-7-14/h1-3,6H,4-5,7H2. The van der Waals surface area contributed by atoms with Crippen molar-refractivity contribution in [2.75, 3.05) is 18.2 Å². The van der Waals surface area contributed by atoms with E-state index >= 15 is 0 Å². The smallest absolute Gasteiger partial charge is 0.207 e. The highest BCUT2D eigenvalue weighted by atomic mass is 32.2. The van der Waals surface area contributed by atoms with Gasteiger partial charge in [0.1, 0.15) is 0 Å². The summed E-state index contributed by atoms with van der Waals surface area (Å²) in [6, 6.07) is 3.84. The lowest BCUT2D eigenvalue weighted by atomic mass is 10.2. The van der Waals surface area contributed by atoms with E-state index in [4.69, 9.17) is 0 Å². The Labute approximate surface area is 107 Å². The largest absolute Gasteiger partial charge is 0.416 e. The van der Waals surface area contributed by atoms with Crippen LogP contribution in [-0.2, 0) is 16.2 Å². The van der Waals surface area contributed by atoms with Gasteiger partial charge in [-0.3, -0.25) is 0 Å². The fraction of sp³-hybridized carbons (Fsp3) is 0.400. The lowest BCUT2D eigenvalue weighted by Gasteiger charge is -2.15. The fourth-order valence-electron chi connectivity index (χ4n) is 1.57. The zero-order valence-electron chi connectivity index (χ0n) is 9.14. The summed E-state index contributed by atoms with van der Waals surface area (Å²) in [5, 5.41) is 0. The maximum Gasteiger partial charge on any atom is 0.416 e. The summed E-state index contributed by atoms with van der Waals surface area (Å²) in [5.74, 6) is 0.955. The highest BCUT2D eigenvalue weighted by molar-refractivity contribution is 8.00. The first-order chi connectivity index (χ1) is 8.32. The molecule has 0 atom stereocenters. The van der Waals surface area contributed by atoms with Crippen LogP contribution >= 0.6 is 11.8 Å². The van der Waals surface area contributed by atoms with Crippen LogP contribution in [0.2, 0.25) is 0 Å². The van der Waals surface area contributed by atoms with Crippen LogP contribution in [0.1, 0.15) is 5.56 Å². The van der Waals surface area contributed by atoms with Crippen LogP contribution in [0.5, 0.6) is 0 Å². The molecule has 0 bridgehead atoms. The van der Waals surface area contributed by atoms with E-state index in [1.54, 1.807) is 0 Å². The van der Waals surface area contributed by atoms with E-state index in [-0.39, 0.29) is 4.90 Å². The average molecular weight is 297 g/mol. The number of sulfonamides is 1.